The Kier molecular flexibility index (Phi) is 6.03. The molecule has 0 aliphatic rings. The van der Waals surface area contributed by atoms with E-state index in [1.807, 2.05) is 31.2 Å². The highest BCUT2D eigenvalue weighted by Gasteiger charge is 2.23. The fourth-order valence-electron chi connectivity index (χ4n) is 1.91. The molecule has 0 unspecified atom stereocenters. The van der Waals surface area contributed by atoms with Gasteiger partial charge in [-0.15, -0.1) is 0 Å². The summed E-state index contributed by atoms with van der Waals surface area (Å²) in [6.07, 6.45) is 0. The monoisotopic (exact) mass is 278 g/mol. The number of ether oxygens (including phenoxy) is 1. The summed E-state index contributed by atoms with van der Waals surface area (Å²) in [4.78, 5) is 25.1. The number of nitrogens with zero attached hydrogens (tertiary/aromatic N) is 1. The smallest absolute Gasteiger partial charge is 0.242 e. The van der Waals surface area contributed by atoms with E-state index in [4.69, 9.17) is 4.74 Å². The number of rotatable bonds is 6. The number of benzene rings is 1. The highest BCUT2D eigenvalue weighted by molar-refractivity contribution is 5.86. The lowest BCUT2D eigenvalue weighted by Crippen LogP contribution is -2.46. The Morgan fingerprint density at radius 2 is 1.90 bits per heavy atom. The van der Waals surface area contributed by atoms with Gasteiger partial charge in [0.15, 0.2) is 0 Å². The van der Waals surface area contributed by atoms with Crippen molar-refractivity contribution in [3.8, 4) is 5.75 Å². The van der Waals surface area contributed by atoms with E-state index < -0.39 is 6.04 Å². The molecule has 1 aromatic carbocycles. The molecule has 0 aromatic heterocycles. The van der Waals surface area contributed by atoms with Crippen LogP contribution in [0.4, 0.5) is 0 Å². The van der Waals surface area contributed by atoms with E-state index in [0.717, 1.165) is 11.3 Å². The van der Waals surface area contributed by atoms with Gasteiger partial charge in [-0.3, -0.25) is 9.59 Å². The lowest BCUT2D eigenvalue weighted by Gasteiger charge is -2.27. The zero-order valence-electron chi connectivity index (χ0n) is 12.5. The summed E-state index contributed by atoms with van der Waals surface area (Å²) >= 11 is 0. The molecule has 0 heterocycles. The van der Waals surface area contributed by atoms with E-state index >= 15 is 0 Å². The molecule has 0 fully saturated rings. The van der Waals surface area contributed by atoms with Crippen molar-refractivity contribution in [3.05, 3.63) is 29.8 Å². The van der Waals surface area contributed by atoms with Crippen LogP contribution >= 0.6 is 0 Å². The van der Waals surface area contributed by atoms with Crippen molar-refractivity contribution in [3.63, 3.8) is 0 Å². The Morgan fingerprint density at radius 1 is 1.30 bits per heavy atom. The molecule has 5 heteroatoms. The van der Waals surface area contributed by atoms with Crippen LogP contribution in [-0.2, 0) is 16.1 Å². The number of carbonyl (C=O) groups excluding carboxylic acids is 2. The second kappa shape index (κ2) is 7.53. The number of amides is 2. The Labute approximate surface area is 119 Å². The molecule has 20 heavy (non-hydrogen) atoms. The van der Waals surface area contributed by atoms with Gasteiger partial charge < -0.3 is 15.0 Å². The van der Waals surface area contributed by atoms with E-state index in [2.05, 4.69) is 5.32 Å². The fourth-order valence-corrected chi connectivity index (χ4v) is 1.91. The maximum Gasteiger partial charge on any atom is 0.242 e. The van der Waals surface area contributed by atoms with Gasteiger partial charge in [0.05, 0.1) is 7.11 Å². The highest BCUT2D eigenvalue weighted by atomic mass is 16.5. The standard InChI is InChI=1S/C15H22N2O3/c1-5-16-15(19)11(2)17(12(3)18)10-13-6-8-14(20-4)9-7-13/h6-9,11H,5,10H2,1-4H3,(H,16,19)/t11-/m1/s1. The van der Waals surface area contributed by atoms with Gasteiger partial charge in [0.1, 0.15) is 11.8 Å². The zero-order valence-corrected chi connectivity index (χ0v) is 12.5. The molecule has 5 nitrogen and oxygen atoms in total. The number of hydrogen-bond donors (Lipinski definition) is 1. The molecule has 2 amide bonds. The summed E-state index contributed by atoms with van der Waals surface area (Å²) in [7, 11) is 1.61. The molecule has 0 bridgehead atoms. The minimum Gasteiger partial charge on any atom is -0.497 e. The van der Waals surface area contributed by atoms with Crippen LogP contribution in [0.15, 0.2) is 24.3 Å². The van der Waals surface area contributed by atoms with Gasteiger partial charge in [-0.25, -0.2) is 0 Å². The summed E-state index contributed by atoms with van der Waals surface area (Å²) in [5, 5.41) is 2.73. The third-order valence-electron chi connectivity index (χ3n) is 3.11. The van der Waals surface area contributed by atoms with Crippen LogP contribution in [-0.4, -0.2) is 36.4 Å². The molecule has 0 aliphatic heterocycles. The maximum atomic E-state index is 11.9. The van der Waals surface area contributed by atoms with Crippen molar-refractivity contribution in [2.75, 3.05) is 13.7 Å². The first kappa shape index (κ1) is 16.0. The van der Waals surface area contributed by atoms with E-state index in [1.165, 1.54) is 6.92 Å². The van der Waals surface area contributed by atoms with Crippen LogP contribution in [0.25, 0.3) is 0 Å². The topological polar surface area (TPSA) is 58.6 Å². The molecule has 1 rings (SSSR count). The van der Waals surface area contributed by atoms with Gasteiger partial charge in [0, 0.05) is 20.0 Å². The lowest BCUT2D eigenvalue weighted by molar-refractivity contribution is -0.138. The first-order chi connectivity index (χ1) is 9.49. The van der Waals surface area contributed by atoms with E-state index in [0.29, 0.717) is 13.1 Å². The van der Waals surface area contributed by atoms with E-state index in [1.54, 1.807) is 18.9 Å². The molecule has 0 radical (unpaired) electrons. The summed E-state index contributed by atoms with van der Waals surface area (Å²) in [6, 6.07) is 6.96. The van der Waals surface area contributed by atoms with Gasteiger partial charge in [-0.2, -0.15) is 0 Å². The van der Waals surface area contributed by atoms with Crippen molar-refractivity contribution in [1.82, 2.24) is 10.2 Å². The Balaban J connectivity index is 2.80. The van der Waals surface area contributed by atoms with Gasteiger partial charge in [0.25, 0.3) is 0 Å². The second-order valence-electron chi connectivity index (χ2n) is 4.57. The maximum absolute atomic E-state index is 11.9. The van der Waals surface area contributed by atoms with Gasteiger partial charge in [0.2, 0.25) is 11.8 Å². The van der Waals surface area contributed by atoms with Crippen LogP contribution in [0.1, 0.15) is 26.3 Å². The third kappa shape index (κ3) is 4.26. The Morgan fingerprint density at radius 3 is 2.35 bits per heavy atom. The number of nitrogens with one attached hydrogen (secondary N) is 1. The summed E-state index contributed by atoms with van der Waals surface area (Å²) in [5.74, 6) is 0.496. The van der Waals surface area contributed by atoms with Crippen LogP contribution in [0, 0.1) is 0 Å². The highest BCUT2D eigenvalue weighted by Crippen LogP contribution is 2.14. The molecular weight excluding hydrogens is 256 g/mol. The number of methoxy groups -OCH3 is 1. The predicted molar refractivity (Wildman–Crippen MR) is 77.4 cm³/mol. The summed E-state index contributed by atoms with van der Waals surface area (Å²) in [5.41, 5.74) is 0.956. The van der Waals surface area contributed by atoms with Crippen molar-refractivity contribution in [2.24, 2.45) is 0 Å². The first-order valence-electron chi connectivity index (χ1n) is 6.67. The van der Waals surface area contributed by atoms with E-state index in [9.17, 15) is 9.59 Å². The molecule has 0 aliphatic carbocycles. The lowest BCUT2D eigenvalue weighted by atomic mass is 10.1. The largest absolute Gasteiger partial charge is 0.497 e. The van der Waals surface area contributed by atoms with Gasteiger partial charge in [-0.05, 0) is 31.5 Å². The van der Waals surface area contributed by atoms with Gasteiger partial charge >= 0.3 is 0 Å². The van der Waals surface area contributed by atoms with Gasteiger partial charge in [-0.1, -0.05) is 12.1 Å². The molecule has 110 valence electrons. The summed E-state index contributed by atoms with van der Waals surface area (Å²) in [6.45, 7) is 6.01. The van der Waals surface area contributed by atoms with Crippen LogP contribution in [0.5, 0.6) is 5.75 Å². The molecule has 0 saturated carbocycles. The Hall–Kier alpha value is -2.04. The number of hydrogen-bond acceptors (Lipinski definition) is 3. The van der Waals surface area contributed by atoms with Crippen molar-refractivity contribution in [1.29, 1.82) is 0 Å². The minimum atomic E-state index is -0.491. The molecule has 0 saturated heterocycles. The van der Waals surface area contributed by atoms with Crippen molar-refractivity contribution >= 4 is 11.8 Å². The normalized spacial score (nSPS) is 11.6. The molecule has 1 N–H and O–H groups in total. The van der Waals surface area contributed by atoms with Crippen LogP contribution in [0.2, 0.25) is 0 Å². The average Bonchev–Trinajstić information content (AvgIpc) is 2.44. The molecule has 1 atom stereocenters. The van der Waals surface area contributed by atoms with Crippen molar-refractivity contribution in [2.45, 2.75) is 33.4 Å². The number of carbonyl (C=O) groups is 2. The van der Waals surface area contributed by atoms with Crippen LogP contribution in [0.3, 0.4) is 0 Å². The number of likely N-dealkylation sites (N-methyl/N-ethyl adjacent to an activating group) is 1. The minimum absolute atomic E-state index is 0.125. The average molecular weight is 278 g/mol. The molecular formula is C15H22N2O3. The van der Waals surface area contributed by atoms with Crippen LogP contribution < -0.4 is 10.1 Å². The zero-order chi connectivity index (χ0) is 15.1. The SMILES string of the molecule is CCNC(=O)[C@@H](C)N(Cc1ccc(OC)cc1)C(C)=O. The quantitative estimate of drug-likeness (QED) is 0.859. The third-order valence-corrected chi connectivity index (χ3v) is 3.11. The molecule has 0 spiro atoms. The fraction of sp³-hybridized carbons (Fsp3) is 0.467. The van der Waals surface area contributed by atoms with E-state index in [-0.39, 0.29) is 11.8 Å². The van der Waals surface area contributed by atoms with Crippen molar-refractivity contribution < 1.29 is 14.3 Å². The predicted octanol–water partition coefficient (Wildman–Crippen LogP) is 1.57. The first-order valence-corrected chi connectivity index (χ1v) is 6.67. The molecule has 1 aromatic rings. The Bertz CT molecular complexity index is 457. The summed E-state index contributed by atoms with van der Waals surface area (Å²) < 4.78 is 5.09. The second-order valence-corrected chi connectivity index (χ2v) is 4.57.